The van der Waals surface area contributed by atoms with E-state index in [4.69, 9.17) is 24.7 Å². The fourth-order valence-corrected chi connectivity index (χ4v) is 2.97. The van der Waals surface area contributed by atoms with E-state index in [0.29, 0.717) is 5.56 Å². The number of hydrogen-bond acceptors (Lipinski definition) is 9. The predicted octanol–water partition coefficient (Wildman–Crippen LogP) is 4.89. The van der Waals surface area contributed by atoms with Crippen LogP contribution in [0.15, 0.2) is 18.2 Å². The monoisotopic (exact) mass is 537 g/mol. The third kappa shape index (κ3) is 9.96. The number of esters is 2. The van der Waals surface area contributed by atoms with Crippen LogP contribution < -0.4 is 15.2 Å². The molecule has 3 atom stereocenters. The lowest BCUT2D eigenvalue weighted by atomic mass is 9.86. The number of carboxylic acids is 1. The topological polar surface area (TPSA) is 151 Å². The average molecular weight is 538 g/mol. The first kappa shape index (κ1) is 32.9. The van der Waals surface area contributed by atoms with Crippen LogP contribution in [0.1, 0.15) is 81.2 Å². The lowest BCUT2D eigenvalue weighted by Crippen LogP contribution is -2.52. The largest absolute Gasteiger partial charge is 0.508 e. The van der Waals surface area contributed by atoms with Crippen molar-refractivity contribution in [3.63, 3.8) is 0 Å². The van der Waals surface area contributed by atoms with Crippen molar-refractivity contribution < 1.29 is 43.2 Å². The molecule has 0 spiro atoms. The van der Waals surface area contributed by atoms with Crippen LogP contribution in [0.4, 0.5) is 4.79 Å². The molecular weight excluding hydrogens is 494 g/mol. The molecule has 1 rings (SSSR count). The third-order valence-corrected chi connectivity index (χ3v) is 5.75. The van der Waals surface area contributed by atoms with Gasteiger partial charge in [0, 0.05) is 12.8 Å². The number of carboxylic acid groups (broad SMARTS) is 1. The molecule has 0 bridgehead atoms. The van der Waals surface area contributed by atoms with Gasteiger partial charge >= 0.3 is 24.1 Å². The van der Waals surface area contributed by atoms with E-state index in [0.717, 1.165) is 0 Å². The predicted molar refractivity (Wildman–Crippen MR) is 141 cm³/mol. The Morgan fingerprint density at radius 2 is 1.34 bits per heavy atom. The second-order valence-corrected chi connectivity index (χ2v) is 12.1. The van der Waals surface area contributed by atoms with Crippen LogP contribution in [0.5, 0.6) is 11.5 Å². The number of carbonyl (C=O) groups is 4. The highest BCUT2D eigenvalue weighted by molar-refractivity contribution is 5.82. The third-order valence-electron chi connectivity index (χ3n) is 5.75. The second-order valence-electron chi connectivity index (χ2n) is 12.1. The lowest BCUT2D eigenvalue weighted by molar-refractivity contribution is -0.145. The first-order chi connectivity index (χ1) is 17.2. The van der Waals surface area contributed by atoms with E-state index < -0.39 is 46.5 Å². The van der Waals surface area contributed by atoms with Crippen molar-refractivity contribution in [2.75, 3.05) is 0 Å². The Balaban J connectivity index is 3.23. The zero-order valence-electron chi connectivity index (χ0n) is 24.2. The Hall–Kier alpha value is -3.14. The van der Waals surface area contributed by atoms with Gasteiger partial charge in [0.05, 0.1) is 10.8 Å². The van der Waals surface area contributed by atoms with Crippen LogP contribution in [-0.4, -0.2) is 46.9 Å². The molecule has 10 heteroatoms. The van der Waals surface area contributed by atoms with Gasteiger partial charge in [-0.15, -0.1) is 0 Å². The molecule has 0 fully saturated rings. The molecule has 0 heterocycles. The van der Waals surface area contributed by atoms with Gasteiger partial charge in [0.15, 0.2) is 11.5 Å². The van der Waals surface area contributed by atoms with Gasteiger partial charge in [0.25, 0.3) is 0 Å². The quantitative estimate of drug-likeness (QED) is 0.312. The molecule has 0 aliphatic carbocycles. The van der Waals surface area contributed by atoms with Crippen LogP contribution in [0, 0.1) is 16.7 Å². The highest BCUT2D eigenvalue weighted by atomic mass is 16.7. The second kappa shape index (κ2) is 12.6. The number of carbonyl (C=O) groups excluding carboxylic acids is 3. The maximum atomic E-state index is 12.6. The molecule has 0 saturated heterocycles. The molecule has 0 radical (unpaired) electrons. The van der Waals surface area contributed by atoms with Gasteiger partial charge < -0.3 is 29.8 Å². The van der Waals surface area contributed by atoms with Crippen molar-refractivity contribution in [3.8, 4) is 11.5 Å². The van der Waals surface area contributed by atoms with Crippen LogP contribution in [-0.2, 0) is 30.3 Å². The van der Waals surface area contributed by atoms with Crippen LogP contribution >= 0.6 is 0 Å². The molecule has 0 saturated carbocycles. The summed E-state index contributed by atoms with van der Waals surface area (Å²) >= 11 is 0. The van der Waals surface area contributed by atoms with E-state index in [2.05, 4.69) is 0 Å². The average Bonchev–Trinajstić information content (AvgIpc) is 2.73. The van der Waals surface area contributed by atoms with Crippen molar-refractivity contribution in [3.05, 3.63) is 23.8 Å². The number of rotatable bonds is 10. The Morgan fingerprint density at radius 3 is 1.79 bits per heavy atom. The number of hydrogen-bond donors (Lipinski definition) is 2. The molecule has 0 aliphatic rings. The van der Waals surface area contributed by atoms with Crippen molar-refractivity contribution in [1.82, 2.24) is 0 Å². The van der Waals surface area contributed by atoms with Crippen molar-refractivity contribution >= 4 is 24.1 Å². The minimum absolute atomic E-state index is 0.0166. The van der Waals surface area contributed by atoms with E-state index >= 15 is 0 Å². The van der Waals surface area contributed by atoms with Crippen molar-refractivity contribution in [2.45, 2.75) is 99.8 Å². The van der Waals surface area contributed by atoms with Gasteiger partial charge in [-0.3, -0.25) is 14.4 Å². The van der Waals surface area contributed by atoms with Crippen molar-refractivity contribution in [2.24, 2.45) is 22.5 Å². The molecule has 10 nitrogen and oxygen atoms in total. The standard InChI is InChI=1S/C28H43NO9/c1-16(2)18(4)36-25(34)35-17(3)14-28(29,22(30)31)15-19-11-12-20(37-23(32)26(5,6)7)21(13-19)38-24(33)27(8,9)10/h11-13,16-18H,14-15,29H2,1-10H3,(H,30,31)/t17-,18?,28?/m0/s1. The van der Waals surface area contributed by atoms with Crippen molar-refractivity contribution in [1.29, 1.82) is 0 Å². The summed E-state index contributed by atoms with van der Waals surface area (Å²) < 4.78 is 21.4. The van der Waals surface area contributed by atoms with Crippen LogP contribution in [0.3, 0.4) is 0 Å². The molecule has 38 heavy (non-hydrogen) atoms. The molecule has 0 aliphatic heterocycles. The van der Waals surface area contributed by atoms with Gasteiger partial charge in [0.2, 0.25) is 0 Å². The Bertz CT molecular complexity index is 1020. The van der Waals surface area contributed by atoms with Crippen LogP contribution in [0.2, 0.25) is 0 Å². The van der Waals surface area contributed by atoms with Crippen LogP contribution in [0.25, 0.3) is 0 Å². The van der Waals surface area contributed by atoms with E-state index in [1.54, 1.807) is 48.5 Å². The SMILES string of the molecule is CC(C)C(C)OC(=O)O[C@@H](C)CC(N)(Cc1ccc(OC(=O)C(C)(C)C)c(OC(=O)C(C)(C)C)c1)C(=O)O. The molecule has 0 amide bonds. The van der Waals surface area contributed by atoms with E-state index in [-0.39, 0.29) is 36.4 Å². The van der Waals surface area contributed by atoms with E-state index in [1.807, 2.05) is 13.8 Å². The summed E-state index contributed by atoms with van der Waals surface area (Å²) in [7, 11) is 0. The first-order valence-corrected chi connectivity index (χ1v) is 12.6. The number of ether oxygens (including phenoxy) is 4. The summed E-state index contributed by atoms with van der Waals surface area (Å²) in [6, 6.07) is 4.38. The van der Waals surface area contributed by atoms with Gasteiger partial charge in [-0.05, 0) is 79.0 Å². The summed E-state index contributed by atoms with van der Waals surface area (Å²) in [5, 5.41) is 9.93. The minimum atomic E-state index is -1.84. The first-order valence-electron chi connectivity index (χ1n) is 12.6. The summed E-state index contributed by atoms with van der Waals surface area (Å²) in [5.74, 6) is -2.37. The molecular formula is C28H43NO9. The van der Waals surface area contributed by atoms with Gasteiger partial charge in [0.1, 0.15) is 17.7 Å². The van der Waals surface area contributed by atoms with E-state index in [9.17, 15) is 24.3 Å². The minimum Gasteiger partial charge on any atom is -0.480 e. The van der Waals surface area contributed by atoms with Gasteiger partial charge in [-0.1, -0.05) is 19.9 Å². The zero-order valence-corrected chi connectivity index (χ0v) is 24.2. The molecule has 1 aromatic rings. The van der Waals surface area contributed by atoms with Gasteiger partial charge in [-0.25, -0.2) is 4.79 Å². The van der Waals surface area contributed by atoms with Gasteiger partial charge in [-0.2, -0.15) is 0 Å². The lowest BCUT2D eigenvalue weighted by Gasteiger charge is -2.28. The molecule has 0 aromatic heterocycles. The fourth-order valence-electron chi connectivity index (χ4n) is 2.97. The molecule has 214 valence electrons. The molecule has 2 unspecified atom stereocenters. The molecule has 3 N–H and O–H groups in total. The summed E-state index contributed by atoms with van der Waals surface area (Å²) in [6.45, 7) is 17.1. The summed E-state index contributed by atoms with van der Waals surface area (Å²) in [6.07, 6.45) is -2.56. The Labute approximate surface area is 225 Å². The normalized spacial score (nSPS) is 15.2. The fraction of sp³-hybridized carbons (Fsp3) is 0.643. The maximum absolute atomic E-state index is 12.6. The highest BCUT2D eigenvalue weighted by Gasteiger charge is 2.38. The smallest absolute Gasteiger partial charge is 0.480 e. The maximum Gasteiger partial charge on any atom is 0.508 e. The zero-order chi connectivity index (χ0) is 29.6. The Kier molecular flexibility index (Phi) is 10.9. The number of benzene rings is 1. The number of nitrogens with two attached hydrogens (primary N) is 1. The Morgan fingerprint density at radius 1 is 0.842 bits per heavy atom. The summed E-state index contributed by atoms with van der Waals surface area (Å²) in [5.41, 5.74) is 3.18. The van der Waals surface area contributed by atoms with E-state index in [1.165, 1.54) is 25.1 Å². The number of aliphatic carboxylic acids is 1. The highest BCUT2D eigenvalue weighted by Crippen LogP contribution is 2.34. The summed E-state index contributed by atoms with van der Waals surface area (Å²) in [4.78, 5) is 49.3. The molecule has 1 aromatic carbocycles.